The smallest absolute Gasteiger partial charge is 0.330 e. The molecule has 0 radical (unpaired) electrons. The van der Waals surface area contributed by atoms with Crippen LogP contribution in [0.3, 0.4) is 0 Å². The van der Waals surface area contributed by atoms with Crippen LogP contribution >= 0.6 is 11.8 Å². The minimum Gasteiger partial charge on any atom is -0.479 e. The highest BCUT2D eigenvalue weighted by Crippen LogP contribution is 2.16. The minimum atomic E-state index is -1.14. The molecule has 1 aliphatic heterocycles. The molecule has 1 heterocycles. The van der Waals surface area contributed by atoms with Gasteiger partial charge < -0.3 is 15.7 Å². The Morgan fingerprint density at radius 1 is 1.37 bits per heavy atom. The maximum Gasteiger partial charge on any atom is 0.330 e. The topological polar surface area (TPSA) is 95.5 Å². The molecular weight excluding hydrogens is 268 g/mol. The Bertz CT molecular complexity index is 506. The molecule has 2 amide bonds. The fraction of sp³-hybridized carbons (Fsp3) is 0.250. The maximum absolute atomic E-state index is 11.9. The van der Waals surface area contributed by atoms with Gasteiger partial charge in [0.05, 0.1) is 0 Å². The van der Waals surface area contributed by atoms with Crippen molar-refractivity contribution in [1.29, 1.82) is 0 Å². The number of carboxylic acids is 1. The summed E-state index contributed by atoms with van der Waals surface area (Å²) in [6, 6.07) is 6.62. The monoisotopic (exact) mass is 280 g/mol. The molecule has 1 unspecified atom stereocenters. The van der Waals surface area contributed by atoms with Crippen LogP contribution in [0.25, 0.3) is 0 Å². The van der Waals surface area contributed by atoms with Crippen molar-refractivity contribution >= 4 is 28.9 Å². The van der Waals surface area contributed by atoms with Crippen LogP contribution in [0.1, 0.15) is 11.6 Å². The molecule has 0 aromatic heterocycles. The summed E-state index contributed by atoms with van der Waals surface area (Å²) in [5, 5.41) is 13.8. The van der Waals surface area contributed by atoms with E-state index in [4.69, 9.17) is 5.11 Å². The van der Waals surface area contributed by atoms with Gasteiger partial charge in [0.15, 0.2) is 6.04 Å². The largest absolute Gasteiger partial charge is 0.479 e. The van der Waals surface area contributed by atoms with Crippen molar-refractivity contribution in [2.24, 2.45) is 0 Å². The highest BCUT2D eigenvalue weighted by atomic mass is 32.2. The number of aliphatic carboxylic acids is 1. The Morgan fingerprint density at radius 2 is 2.05 bits per heavy atom. The van der Waals surface area contributed by atoms with E-state index in [2.05, 4.69) is 10.6 Å². The van der Waals surface area contributed by atoms with Crippen molar-refractivity contribution in [3.05, 3.63) is 35.9 Å². The summed E-state index contributed by atoms with van der Waals surface area (Å²) < 4.78 is 0. The summed E-state index contributed by atoms with van der Waals surface area (Å²) in [5.41, 5.74) is 0.486. The van der Waals surface area contributed by atoms with Gasteiger partial charge in [0.25, 0.3) is 5.24 Å². The van der Waals surface area contributed by atoms with Gasteiger partial charge in [-0.25, -0.2) is 4.79 Å². The molecule has 0 aliphatic carbocycles. The number of carbonyl (C=O) groups is 3. The Labute approximate surface area is 113 Å². The first-order valence-electron chi connectivity index (χ1n) is 5.59. The van der Waals surface area contributed by atoms with Gasteiger partial charge in [-0.3, -0.25) is 9.59 Å². The van der Waals surface area contributed by atoms with Gasteiger partial charge in [-0.15, -0.1) is 0 Å². The number of carboxylic acid groups (broad SMARTS) is 1. The number of hydrogen-bond acceptors (Lipinski definition) is 4. The molecule has 0 bridgehead atoms. The zero-order chi connectivity index (χ0) is 13.8. The molecule has 1 aromatic rings. The summed E-state index contributed by atoms with van der Waals surface area (Å²) in [4.78, 5) is 34.1. The van der Waals surface area contributed by atoms with E-state index in [0.29, 0.717) is 11.3 Å². The van der Waals surface area contributed by atoms with Gasteiger partial charge in [-0.2, -0.15) is 0 Å². The number of hydrogen-bond donors (Lipinski definition) is 3. The molecule has 7 heteroatoms. The predicted molar refractivity (Wildman–Crippen MR) is 69.7 cm³/mol. The lowest BCUT2D eigenvalue weighted by Crippen LogP contribution is -2.45. The van der Waals surface area contributed by atoms with Crippen molar-refractivity contribution < 1.29 is 19.5 Å². The van der Waals surface area contributed by atoms with E-state index in [1.165, 1.54) is 0 Å². The predicted octanol–water partition coefficient (Wildman–Crippen LogP) is 0.754. The van der Waals surface area contributed by atoms with E-state index in [0.717, 1.165) is 11.8 Å². The number of amides is 2. The molecule has 0 spiro atoms. The van der Waals surface area contributed by atoms with Crippen molar-refractivity contribution in [3.8, 4) is 0 Å². The molecule has 2 rings (SSSR count). The van der Waals surface area contributed by atoms with E-state index in [1.54, 1.807) is 30.3 Å². The van der Waals surface area contributed by atoms with Crippen LogP contribution in [0.5, 0.6) is 0 Å². The molecule has 0 saturated carbocycles. The van der Waals surface area contributed by atoms with Crippen LogP contribution in [-0.2, 0) is 9.59 Å². The van der Waals surface area contributed by atoms with E-state index < -0.39 is 24.0 Å². The molecule has 2 atom stereocenters. The average molecular weight is 280 g/mol. The van der Waals surface area contributed by atoms with E-state index in [9.17, 15) is 14.4 Å². The molecule has 3 N–H and O–H groups in total. The van der Waals surface area contributed by atoms with Crippen molar-refractivity contribution in [2.45, 2.75) is 12.1 Å². The number of nitrogens with one attached hydrogen (secondary N) is 2. The Morgan fingerprint density at radius 3 is 2.58 bits per heavy atom. The SMILES string of the molecule is O=C1NC(C(=O)N[C@H](C(=O)O)c2ccccc2)CS1. The normalized spacial score (nSPS) is 19.6. The third kappa shape index (κ3) is 3.25. The molecule has 6 nitrogen and oxygen atoms in total. The first-order valence-corrected chi connectivity index (χ1v) is 6.58. The first-order chi connectivity index (χ1) is 9.08. The van der Waals surface area contributed by atoms with E-state index >= 15 is 0 Å². The van der Waals surface area contributed by atoms with Crippen molar-refractivity contribution in [2.75, 3.05) is 5.75 Å². The molecule has 1 aromatic carbocycles. The van der Waals surface area contributed by atoms with E-state index in [1.807, 2.05) is 0 Å². The van der Waals surface area contributed by atoms with Crippen molar-refractivity contribution in [3.63, 3.8) is 0 Å². The standard InChI is InChI=1S/C12H12N2O4S/c15-10(8-6-19-12(18)13-8)14-9(11(16)17)7-4-2-1-3-5-7/h1-5,8-9H,6H2,(H,13,18)(H,14,15)(H,16,17)/t8?,9-/m0/s1. The third-order valence-corrected chi connectivity index (χ3v) is 3.54. The van der Waals surface area contributed by atoms with Gasteiger partial charge in [0.2, 0.25) is 5.91 Å². The number of thioether (sulfide) groups is 1. The second-order valence-corrected chi connectivity index (χ2v) is 4.98. The van der Waals surface area contributed by atoms with Crippen LogP contribution < -0.4 is 10.6 Å². The minimum absolute atomic E-state index is 0.272. The van der Waals surface area contributed by atoms with Crippen LogP contribution in [0, 0.1) is 0 Å². The lowest BCUT2D eigenvalue weighted by atomic mass is 10.1. The molecule has 1 aliphatic rings. The lowest BCUT2D eigenvalue weighted by Gasteiger charge is -2.17. The van der Waals surface area contributed by atoms with Gasteiger partial charge in [0, 0.05) is 5.75 Å². The Hall–Kier alpha value is -2.02. The summed E-state index contributed by atoms with van der Waals surface area (Å²) >= 11 is 1.01. The number of benzene rings is 1. The second-order valence-electron chi connectivity index (χ2n) is 3.99. The summed E-state index contributed by atoms with van der Waals surface area (Å²) in [6.07, 6.45) is 0. The number of carbonyl (C=O) groups excluding carboxylic acids is 2. The van der Waals surface area contributed by atoms with E-state index in [-0.39, 0.29) is 5.24 Å². The molecule has 1 saturated heterocycles. The highest BCUT2D eigenvalue weighted by Gasteiger charge is 2.31. The van der Waals surface area contributed by atoms with Crippen molar-refractivity contribution in [1.82, 2.24) is 10.6 Å². The van der Waals surface area contributed by atoms with Crippen LogP contribution in [0.2, 0.25) is 0 Å². The van der Waals surface area contributed by atoms with Gasteiger partial charge in [-0.1, -0.05) is 42.1 Å². The van der Waals surface area contributed by atoms with Crippen LogP contribution in [0.15, 0.2) is 30.3 Å². The summed E-state index contributed by atoms with van der Waals surface area (Å²) in [6.45, 7) is 0. The zero-order valence-corrected chi connectivity index (χ0v) is 10.6. The Kier molecular flexibility index (Phi) is 4.06. The molecule has 100 valence electrons. The summed E-state index contributed by atoms with van der Waals surface area (Å²) in [5.74, 6) is -1.32. The first kappa shape index (κ1) is 13.4. The van der Waals surface area contributed by atoms with Crippen LogP contribution in [0.4, 0.5) is 4.79 Å². The third-order valence-electron chi connectivity index (χ3n) is 2.66. The molecular formula is C12H12N2O4S. The van der Waals surface area contributed by atoms with Gasteiger partial charge in [-0.05, 0) is 5.56 Å². The fourth-order valence-corrected chi connectivity index (χ4v) is 2.48. The Balaban J connectivity index is 2.07. The highest BCUT2D eigenvalue weighted by molar-refractivity contribution is 8.14. The zero-order valence-electron chi connectivity index (χ0n) is 9.83. The van der Waals surface area contributed by atoms with Gasteiger partial charge >= 0.3 is 5.97 Å². The number of rotatable bonds is 4. The lowest BCUT2D eigenvalue weighted by molar-refractivity contribution is -0.142. The molecule has 1 fully saturated rings. The molecule has 19 heavy (non-hydrogen) atoms. The van der Waals surface area contributed by atoms with Crippen LogP contribution in [-0.4, -0.2) is 34.0 Å². The fourth-order valence-electron chi connectivity index (χ4n) is 1.70. The quantitative estimate of drug-likeness (QED) is 0.756. The van der Waals surface area contributed by atoms with Gasteiger partial charge in [0.1, 0.15) is 6.04 Å². The maximum atomic E-state index is 11.9. The summed E-state index contributed by atoms with van der Waals surface area (Å²) in [7, 11) is 0. The average Bonchev–Trinajstić information content (AvgIpc) is 2.83. The second kappa shape index (κ2) is 5.75.